The molecule has 6 nitrogen and oxygen atoms in total. The number of β-amino-alcohol motifs (C(OH)–C–C–N with tert-alkyl or cyclic N) is 1. The van der Waals surface area contributed by atoms with Crippen molar-refractivity contribution in [3.05, 3.63) is 35.4 Å². The molecule has 2 unspecified atom stereocenters. The van der Waals surface area contributed by atoms with Gasteiger partial charge in [0.05, 0.1) is 30.4 Å². The summed E-state index contributed by atoms with van der Waals surface area (Å²) < 4.78 is 5.48. The number of benzene rings is 1. The number of imide groups is 1. The Hall–Kier alpha value is -1.76. The summed E-state index contributed by atoms with van der Waals surface area (Å²) in [5, 5.41) is 13.5. The number of amides is 2. The fourth-order valence-corrected chi connectivity index (χ4v) is 3.33. The number of nitrogens with zero attached hydrogens (tertiary/aromatic N) is 1. The van der Waals surface area contributed by atoms with Crippen LogP contribution in [0.1, 0.15) is 40.5 Å². The first-order chi connectivity index (χ1) is 11.6. The average molecular weight is 332 g/mol. The normalized spacial score (nSPS) is 23.2. The summed E-state index contributed by atoms with van der Waals surface area (Å²) in [6.45, 7) is 3.99. The van der Waals surface area contributed by atoms with Crippen molar-refractivity contribution < 1.29 is 19.4 Å². The predicted molar refractivity (Wildman–Crippen MR) is 88.8 cm³/mol. The summed E-state index contributed by atoms with van der Waals surface area (Å²) in [5.41, 5.74) is 0.825. The molecule has 3 atom stereocenters. The quantitative estimate of drug-likeness (QED) is 0.761. The van der Waals surface area contributed by atoms with Crippen LogP contribution in [0, 0.1) is 5.92 Å². The number of aliphatic hydroxyl groups excluding tert-OH is 1. The molecular formula is C18H24N2O4. The van der Waals surface area contributed by atoms with Gasteiger partial charge in [-0.3, -0.25) is 14.5 Å². The highest BCUT2D eigenvalue weighted by Gasteiger charge is 2.36. The van der Waals surface area contributed by atoms with E-state index in [2.05, 4.69) is 12.2 Å². The van der Waals surface area contributed by atoms with Gasteiger partial charge >= 0.3 is 0 Å². The van der Waals surface area contributed by atoms with Crippen LogP contribution in [0.5, 0.6) is 0 Å². The summed E-state index contributed by atoms with van der Waals surface area (Å²) >= 11 is 0. The highest BCUT2D eigenvalue weighted by atomic mass is 16.5. The van der Waals surface area contributed by atoms with Gasteiger partial charge in [0.2, 0.25) is 0 Å². The van der Waals surface area contributed by atoms with E-state index in [0.717, 1.165) is 31.0 Å². The second-order valence-corrected chi connectivity index (χ2v) is 6.59. The Morgan fingerprint density at radius 2 is 1.96 bits per heavy atom. The Bertz CT molecular complexity index is 578. The number of hydrogen-bond acceptors (Lipinski definition) is 5. The number of carbonyl (C=O) groups is 2. The van der Waals surface area contributed by atoms with Crippen molar-refractivity contribution in [2.75, 3.05) is 26.3 Å². The zero-order valence-corrected chi connectivity index (χ0v) is 13.9. The molecule has 24 heavy (non-hydrogen) atoms. The van der Waals surface area contributed by atoms with Crippen molar-refractivity contribution in [2.45, 2.75) is 31.9 Å². The molecule has 2 aliphatic heterocycles. The first-order valence-corrected chi connectivity index (χ1v) is 8.52. The molecule has 2 amide bonds. The highest BCUT2D eigenvalue weighted by Crippen LogP contribution is 2.22. The number of hydrogen-bond donors (Lipinski definition) is 2. The van der Waals surface area contributed by atoms with E-state index >= 15 is 0 Å². The van der Waals surface area contributed by atoms with Crippen molar-refractivity contribution in [2.24, 2.45) is 5.92 Å². The van der Waals surface area contributed by atoms with Gasteiger partial charge in [-0.15, -0.1) is 0 Å². The minimum atomic E-state index is -0.792. The van der Waals surface area contributed by atoms with Crippen LogP contribution in [-0.2, 0) is 4.74 Å². The first kappa shape index (κ1) is 17.1. The van der Waals surface area contributed by atoms with Gasteiger partial charge in [0, 0.05) is 19.2 Å². The molecule has 0 saturated carbocycles. The Morgan fingerprint density at radius 3 is 2.54 bits per heavy atom. The van der Waals surface area contributed by atoms with Crippen LogP contribution in [-0.4, -0.2) is 60.3 Å². The van der Waals surface area contributed by atoms with Gasteiger partial charge < -0.3 is 15.2 Å². The predicted octanol–water partition coefficient (Wildman–Crippen LogP) is 1.05. The van der Waals surface area contributed by atoms with Gasteiger partial charge in [-0.25, -0.2) is 0 Å². The molecule has 0 radical (unpaired) electrons. The van der Waals surface area contributed by atoms with E-state index in [9.17, 15) is 14.7 Å². The minimum Gasteiger partial charge on any atom is -0.390 e. The first-order valence-electron chi connectivity index (χ1n) is 8.52. The monoisotopic (exact) mass is 332 g/mol. The third kappa shape index (κ3) is 3.50. The molecule has 0 aliphatic carbocycles. The number of fused-ring (bicyclic) bond motifs is 1. The summed E-state index contributed by atoms with van der Waals surface area (Å²) in [6.07, 6.45) is 1.39. The third-order valence-corrected chi connectivity index (χ3v) is 4.85. The molecule has 1 aromatic rings. The molecule has 1 aromatic carbocycles. The lowest BCUT2D eigenvalue weighted by Gasteiger charge is -2.29. The summed E-state index contributed by atoms with van der Waals surface area (Å²) in [5.74, 6) is -0.225. The van der Waals surface area contributed by atoms with Crippen LogP contribution in [0.25, 0.3) is 0 Å². The maximum atomic E-state index is 12.3. The lowest BCUT2D eigenvalue weighted by Crippen LogP contribution is -2.45. The fraction of sp³-hybridized carbons (Fsp3) is 0.556. The molecule has 2 N–H and O–H groups in total. The zero-order valence-electron chi connectivity index (χ0n) is 13.9. The summed E-state index contributed by atoms with van der Waals surface area (Å²) in [4.78, 5) is 25.7. The van der Waals surface area contributed by atoms with E-state index in [1.807, 2.05) is 0 Å². The minimum absolute atomic E-state index is 0.00718. The Balaban J connectivity index is 1.51. The third-order valence-electron chi connectivity index (χ3n) is 4.85. The van der Waals surface area contributed by atoms with E-state index in [1.165, 1.54) is 0 Å². The molecule has 0 bridgehead atoms. The number of aliphatic hydroxyl groups is 1. The van der Waals surface area contributed by atoms with Crippen molar-refractivity contribution in [3.8, 4) is 0 Å². The lowest BCUT2D eigenvalue weighted by atomic mass is 9.95. The number of ether oxygens (including phenoxy) is 1. The second kappa shape index (κ2) is 7.42. The number of nitrogens with one attached hydrogen (secondary N) is 1. The van der Waals surface area contributed by atoms with Crippen LogP contribution >= 0.6 is 0 Å². The maximum absolute atomic E-state index is 12.3. The van der Waals surface area contributed by atoms with Crippen molar-refractivity contribution >= 4 is 11.8 Å². The molecule has 1 saturated heterocycles. The van der Waals surface area contributed by atoms with Gasteiger partial charge in [-0.1, -0.05) is 12.1 Å². The van der Waals surface area contributed by atoms with E-state index in [-0.39, 0.29) is 24.4 Å². The smallest absolute Gasteiger partial charge is 0.261 e. The average Bonchev–Trinajstić information content (AvgIpc) is 2.86. The summed E-state index contributed by atoms with van der Waals surface area (Å²) in [7, 11) is 0. The summed E-state index contributed by atoms with van der Waals surface area (Å²) in [6, 6.07) is 6.98. The molecule has 2 aliphatic rings. The van der Waals surface area contributed by atoms with Crippen molar-refractivity contribution in [1.29, 1.82) is 0 Å². The van der Waals surface area contributed by atoms with E-state index in [0.29, 0.717) is 23.6 Å². The molecule has 130 valence electrons. The van der Waals surface area contributed by atoms with Crippen LogP contribution in [0.2, 0.25) is 0 Å². The Morgan fingerprint density at radius 1 is 1.29 bits per heavy atom. The van der Waals surface area contributed by atoms with E-state index < -0.39 is 6.10 Å². The molecule has 0 spiro atoms. The van der Waals surface area contributed by atoms with E-state index in [1.54, 1.807) is 24.3 Å². The standard InChI is InChI=1S/C18H24N2O4/c1-12(13-5-4-8-24-11-13)19-9-14(21)10-20-17(22)15-6-2-3-7-16(15)18(20)23/h2-3,6-7,12-14,19,21H,4-5,8-11H2,1H3/t12?,13?,14-/m1/s1. The second-order valence-electron chi connectivity index (χ2n) is 6.59. The topological polar surface area (TPSA) is 78.9 Å². The van der Waals surface area contributed by atoms with Gasteiger partial charge in [0.15, 0.2) is 0 Å². The van der Waals surface area contributed by atoms with Crippen LogP contribution < -0.4 is 5.32 Å². The molecule has 3 rings (SSSR count). The molecule has 2 heterocycles. The van der Waals surface area contributed by atoms with Crippen LogP contribution in [0.3, 0.4) is 0 Å². The fourth-order valence-electron chi connectivity index (χ4n) is 3.33. The van der Waals surface area contributed by atoms with Gasteiger partial charge in [-0.05, 0) is 37.8 Å². The van der Waals surface area contributed by atoms with Gasteiger partial charge in [-0.2, -0.15) is 0 Å². The van der Waals surface area contributed by atoms with Crippen LogP contribution in [0.15, 0.2) is 24.3 Å². The van der Waals surface area contributed by atoms with Gasteiger partial charge in [0.25, 0.3) is 11.8 Å². The SMILES string of the molecule is CC(NC[C@@H](O)CN1C(=O)c2ccccc2C1=O)C1CCCOC1. The Labute approximate surface area is 141 Å². The highest BCUT2D eigenvalue weighted by molar-refractivity contribution is 6.21. The largest absolute Gasteiger partial charge is 0.390 e. The van der Waals surface area contributed by atoms with Gasteiger partial charge in [0.1, 0.15) is 0 Å². The van der Waals surface area contributed by atoms with Crippen molar-refractivity contribution in [3.63, 3.8) is 0 Å². The number of carbonyl (C=O) groups excluding carboxylic acids is 2. The number of rotatable bonds is 6. The molecule has 1 fully saturated rings. The lowest BCUT2D eigenvalue weighted by molar-refractivity contribution is 0.0373. The maximum Gasteiger partial charge on any atom is 0.261 e. The molecule has 0 aromatic heterocycles. The molecular weight excluding hydrogens is 308 g/mol. The molecule has 6 heteroatoms. The zero-order chi connectivity index (χ0) is 17.1. The Kier molecular flexibility index (Phi) is 5.28. The van der Waals surface area contributed by atoms with Crippen molar-refractivity contribution in [1.82, 2.24) is 10.2 Å². The van der Waals surface area contributed by atoms with E-state index in [4.69, 9.17) is 4.74 Å². The van der Waals surface area contributed by atoms with Crippen LogP contribution in [0.4, 0.5) is 0 Å².